The monoisotopic (exact) mass is 281 g/mol. The fourth-order valence-corrected chi connectivity index (χ4v) is 2.37. The second kappa shape index (κ2) is 5.89. The van der Waals surface area contributed by atoms with Gasteiger partial charge in [0.2, 0.25) is 0 Å². The number of nitrogens with two attached hydrogens (primary N) is 1. The zero-order chi connectivity index (χ0) is 13.0. The van der Waals surface area contributed by atoms with Crippen LogP contribution >= 0.6 is 22.9 Å². The fourth-order valence-electron chi connectivity index (χ4n) is 1.47. The molecule has 0 atom stereocenters. The van der Waals surface area contributed by atoms with Crippen molar-refractivity contribution in [2.45, 2.75) is 6.42 Å². The number of hydrogen-bond donors (Lipinski definition) is 1. The number of halogens is 1. The average Bonchev–Trinajstić information content (AvgIpc) is 2.85. The largest absolute Gasteiger partial charge is 0.462 e. The third-order valence-electron chi connectivity index (χ3n) is 2.41. The molecule has 0 aliphatic rings. The molecule has 2 rings (SSSR count). The Balaban J connectivity index is 1.93. The molecule has 0 aliphatic carbocycles. The third kappa shape index (κ3) is 3.24. The highest BCUT2D eigenvalue weighted by molar-refractivity contribution is 7.07. The summed E-state index contributed by atoms with van der Waals surface area (Å²) >= 11 is 7.54. The van der Waals surface area contributed by atoms with Gasteiger partial charge >= 0.3 is 5.97 Å². The van der Waals surface area contributed by atoms with Crippen LogP contribution in [0.2, 0.25) is 5.02 Å². The maximum Gasteiger partial charge on any atom is 0.339 e. The van der Waals surface area contributed by atoms with E-state index >= 15 is 0 Å². The Morgan fingerprint density at radius 3 is 2.94 bits per heavy atom. The minimum Gasteiger partial charge on any atom is -0.462 e. The van der Waals surface area contributed by atoms with E-state index in [0.29, 0.717) is 29.3 Å². The van der Waals surface area contributed by atoms with Gasteiger partial charge in [-0.1, -0.05) is 11.6 Å². The number of rotatable bonds is 4. The molecule has 2 N–H and O–H groups in total. The number of thiophene rings is 1. The lowest BCUT2D eigenvalue weighted by Crippen LogP contribution is -2.09. The lowest BCUT2D eigenvalue weighted by atomic mass is 10.2. The van der Waals surface area contributed by atoms with E-state index in [1.54, 1.807) is 23.5 Å². The van der Waals surface area contributed by atoms with Crippen molar-refractivity contribution < 1.29 is 9.53 Å². The van der Waals surface area contributed by atoms with Gasteiger partial charge in [-0.15, -0.1) is 0 Å². The first-order valence-electron chi connectivity index (χ1n) is 5.40. The van der Waals surface area contributed by atoms with Crippen molar-refractivity contribution in [2.24, 2.45) is 0 Å². The van der Waals surface area contributed by atoms with E-state index in [2.05, 4.69) is 0 Å². The Hall–Kier alpha value is -1.52. The van der Waals surface area contributed by atoms with Gasteiger partial charge in [0.25, 0.3) is 0 Å². The van der Waals surface area contributed by atoms with E-state index in [1.807, 2.05) is 16.8 Å². The quantitative estimate of drug-likeness (QED) is 0.690. The first kappa shape index (κ1) is 12.9. The maximum atomic E-state index is 11.8. The van der Waals surface area contributed by atoms with E-state index < -0.39 is 5.97 Å². The van der Waals surface area contributed by atoms with E-state index in [9.17, 15) is 4.79 Å². The summed E-state index contributed by atoms with van der Waals surface area (Å²) in [7, 11) is 0. The predicted molar refractivity (Wildman–Crippen MR) is 74.2 cm³/mol. The molecule has 0 aliphatic heterocycles. The second-order valence-corrected chi connectivity index (χ2v) is 4.94. The van der Waals surface area contributed by atoms with Crippen LogP contribution in [0, 0.1) is 0 Å². The highest BCUT2D eigenvalue weighted by atomic mass is 35.5. The molecule has 0 spiro atoms. The molecule has 0 bridgehead atoms. The van der Waals surface area contributed by atoms with Crippen molar-refractivity contribution in [1.82, 2.24) is 0 Å². The molecule has 0 fully saturated rings. The van der Waals surface area contributed by atoms with Gasteiger partial charge in [0.15, 0.2) is 0 Å². The van der Waals surface area contributed by atoms with Crippen molar-refractivity contribution in [3.8, 4) is 0 Å². The normalized spacial score (nSPS) is 10.3. The number of hydrogen-bond acceptors (Lipinski definition) is 4. The molecule has 1 aromatic heterocycles. The molecule has 0 unspecified atom stereocenters. The summed E-state index contributed by atoms with van der Waals surface area (Å²) in [5.74, 6) is -0.442. The molecular formula is C13H12ClNO2S. The highest BCUT2D eigenvalue weighted by Gasteiger charge is 2.12. The Labute approximate surface area is 114 Å². The number of carbonyl (C=O) groups is 1. The lowest BCUT2D eigenvalue weighted by molar-refractivity contribution is 0.0509. The Kier molecular flexibility index (Phi) is 4.23. The van der Waals surface area contributed by atoms with Crippen molar-refractivity contribution >= 4 is 34.6 Å². The zero-order valence-electron chi connectivity index (χ0n) is 9.56. The van der Waals surface area contributed by atoms with Crippen molar-refractivity contribution in [1.29, 1.82) is 0 Å². The molecule has 1 aromatic carbocycles. The van der Waals surface area contributed by atoms with Gasteiger partial charge in [-0.2, -0.15) is 11.3 Å². The molecule has 0 amide bonds. The van der Waals surface area contributed by atoms with Crippen molar-refractivity contribution in [2.75, 3.05) is 12.3 Å². The molecule has 0 saturated heterocycles. The molecule has 3 nitrogen and oxygen atoms in total. The van der Waals surface area contributed by atoms with Gasteiger partial charge in [-0.3, -0.25) is 0 Å². The van der Waals surface area contributed by atoms with Gasteiger partial charge < -0.3 is 10.5 Å². The standard InChI is InChI=1S/C13H12ClNO2S/c14-12-2-1-10(15)7-11(12)13(16)17-5-3-9-4-6-18-8-9/h1-2,4,6-8H,3,5,15H2. The van der Waals surface area contributed by atoms with Crippen molar-refractivity contribution in [3.05, 3.63) is 51.2 Å². The van der Waals surface area contributed by atoms with Crippen LogP contribution in [0.3, 0.4) is 0 Å². The van der Waals surface area contributed by atoms with Gasteiger partial charge in [0.05, 0.1) is 17.2 Å². The van der Waals surface area contributed by atoms with E-state index in [4.69, 9.17) is 22.1 Å². The number of anilines is 1. The first-order chi connectivity index (χ1) is 8.66. The van der Waals surface area contributed by atoms with E-state index in [0.717, 1.165) is 5.56 Å². The number of ether oxygens (including phenoxy) is 1. The smallest absolute Gasteiger partial charge is 0.339 e. The van der Waals surface area contributed by atoms with Crippen LogP contribution in [0.5, 0.6) is 0 Å². The summed E-state index contributed by atoms with van der Waals surface area (Å²) < 4.78 is 5.16. The maximum absolute atomic E-state index is 11.8. The van der Waals surface area contributed by atoms with E-state index in [-0.39, 0.29) is 0 Å². The highest BCUT2D eigenvalue weighted by Crippen LogP contribution is 2.19. The number of carbonyl (C=O) groups excluding carboxylic acids is 1. The van der Waals surface area contributed by atoms with Gasteiger partial charge in [0.1, 0.15) is 0 Å². The molecule has 5 heteroatoms. The van der Waals surface area contributed by atoms with Gasteiger partial charge in [-0.25, -0.2) is 4.79 Å². The average molecular weight is 282 g/mol. The second-order valence-electron chi connectivity index (χ2n) is 3.76. The summed E-state index contributed by atoms with van der Waals surface area (Å²) in [5, 5.41) is 4.37. The van der Waals surface area contributed by atoms with Crippen LogP contribution in [0.15, 0.2) is 35.0 Å². The molecule has 0 saturated carbocycles. The molecule has 0 radical (unpaired) electrons. The third-order valence-corrected chi connectivity index (χ3v) is 3.48. The van der Waals surface area contributed by atoms with Gasteiger partial charge in [-0.05, 0) is 40.6 Å². The van der Waals surface area contributed by atoms with Crippen LogP contribution in [0.1, 0.15) is 15.9 Å². The predicted octanol–water partition coefficient (Wildman–Crippen LogP) is 3.38. The molecule has 94 valence electrons. The topological polar surface area (TPSA) is 52.3 Å². The minimum absolute atomic E-state index is 0.307. The SMILES string of the molecule is Nc1ccc(Cl)c(C(=O)OCCc2ccsc2)c1. The van der Waals surface area contributed by atoms with Crippen LogP contribution in [0.25, 0.3) is 0 Å². The Bertz CT molecular complexity index is 540. The number of nitrogen functional groups attached to an aromatic ring is 1. The lowest BCUT2D eigenvalue weighted by Gasteiger charge is -2.06. The summed E-state index contributed by atoms with van der Waals surface area (Å²) in [6.07, 6.45) is 0.704. The van der Waals surface area contributed by atoms with Gasteiger partial charge in [0, 0.05) is 12.1 Å². The first-order valence-corrected chi connectivity index (χ1v) is 6.72. The minimum atomic E-state index is -0.442. The summed E-state index contributed by atoms with van der Waals surface area (Å²) in [5.41, 5.74) is 7.56. The summed E-state index contributed by atoms with van der Waals surface area (Å²) in [6, 6.07) is 6.76. The Morgan fingerprint density at radius 1 is 1.39 bits per heavy atom. The molecule has 1 heterocycles. The van der Waals surface area contributed by atoms with Crippen LogP contribution in [-0.2, 0) is 11.2 Å². The number of benzene rings is 1. The van der Waals surface area contributed by atoms with Crippen molar-refractivity contribution in [3.63, 3.8) is 0 Å². The summed E-state index contributed by atoms with van der Waals surface area (Å²) in [6.45, 7) is 0.334. The molecule has 18 heavy (non-hydrogen) atoms. The fraction of sp³-hybridized carbons (Fsp3) is 0.154. The zero-order valence-corrected chi connectivity index (χ0v) is 11.1. The summed E-state index contributed by atoms with van der Waals surface area (Å²) in [4.78, 5) is 11.8. The molecular weight excluding hydrogens is 270 g/mol. The molecule has 2 aromatic rings. The van der Waals surface area contributed by atoms with Crippen LogP contribution in [-0.4, -0.2) is 12.6 Å². The van der Waals surface area contributed by atoms with Crippen LogP contribution in [0.4, 0.5) is 5.69 Å². The Morgan fingerprint density at radius 2 is 2.22 bits per heavy atom. The van der Waals surface area contributed by atoms with Crippen LogP contribution < -0.4 is 5.73 Å². The van der Waals surface area contributed by atoms with E-state index in [1.165, 1.54) is 6.07 Å². The number of esters is 1.